The molecule has 0 aliphatic heterocycles. The van der Waals surface area contributed by atoms with Gasteiger partial charge in [-0.05, 0) is 24.7 Å². The van der Waals surface area contributed by atoms with Crippen LogP contribution in [0.2, 0.25) is 0 Å². The number of nitrogens with two attached hydrogens (primary N) is 1. The van der Waals surface area contributed by atoms with Crippen molar-refractivity contribution in [1.82, 2.24) is 19.5 Å². The van der Waals surface area contributed by atoms with Crippen molar-refractivity contribution >= 4 is 56.5 Å². The highest BCUT2D eigenvalue weighted by molar-refractivity contribution is 7.54. The molecule has 1 saturated carbocycles. The number of halogens is 3. The van der Waals surface area contributed by atoms with Gasteiger partial charge in [0.1, 0.15) is 0 Å². The average molecular weight is 391 g/mol. The van der Waals surface area contributed by atoms with Gasteiger partial charge in [-0.25, -0.2) is 4.98 Å². The van der Waals surface area contributed by atoms with Crippen LogP contribution in [-0.4, -0.2) is 24.5 Å². The van der Waals surface area contributed by atoms with Gasteiger partial charge in [0, 0.05) is 0 Å². The fourth-order valence-electron chi connectivity index (χ4n) is 3.41. The number of nitrogens with one attached hydrogen (secondary N) is 1. The van der Waals surface area contributed by atoms with Crippen molar-refractivity contribution in [3.05, 3.63) is 28.8 Å². The van der Waals surface area contributed by atoms with Crippen LogP contribution in [0.4, 0.5) is 5.95 Å². The molecule has 130 valence electrons. The summed E-state index contributed by atoms with van der Waals surface area (Å²) in [6.07, 6.45) is 3.75. The molecule has 6 nitrogen and oxygen atoms in total. The summed E-state index contributed by atoms with van der Waals surface area (Å²) in [6.45, 7) is 8.68. The van der Waals surface area contributed by atoms with Gasteiger partial charge in [0.15, 0.2) is 11.2 Å². The molecule has 1 aliphatic rings. The minimum atomic E-state index is -0.750. The fraction of sp³-hybridized carbons (Fsp3) is 0.500. The number of nitrogens with zero attached hydrogens (tertiary/aromatic N) is 3. The number of rotatable bonds is 2. The largest absolute Gasteiger partial charge is 0.450 e. The lowest BCUT2D eigenvalue weighted by molar-refractivity contribution is 0.438. The fourth-order valence-corrected chi connectivity index (χ4v) is 3.41. The number of H-pyrrole nitrogens is 1. The molecule has 2 heterocycles. The number of allylic oxidation sites excluding steroid dienone is 1. The van der Waals surface area contributed by atoms with Crippen LogP contribution in [0.3, 0.4) is 0 Å². The van der Waals surface area contributed by atoms with Crippen molar-refractivity contribution in [2.24, 2.45) is 11.8 Å². The third-order valence-corrected chi connectivity index (χ3v) is 4.41. The highest BCUT2D eigenvalue weighted by Crippen LogP contribution is 2.45. The Kier molecular flexibility index (Phi) is 6.23. The monoisotopic (exact) mass is 389 g/mol. The molecule has 1 fully saturated rings. The highest BCUT2D eigenvalue weighted by Gasteiger charge is 2.35. The molecule has 3 atom stereocenters. The Labute approximate surface area is 155 Å². The minimum absolute atomic E-state index is 0.118. The Morgan fingerprint density at radius 2 is 2.12 bits per heavy atom. The van der Waals surface area contributed by atoms with Gasteiger partial charge in [-0.3, -0.25) is 9.78 Å². The normalized spacial score (nSPS) is 23.2. The van der Waals surface area contributed by atoms with E-state index in [1.807, 2.05) is 4.57 Å². The molecule has 0 saturated heterocycles. The van der Waals surface area contributed by atoms with Crippen molar-refractivity contribution in [3.8, 4) is 0 Å². The first kappa shape index (κ1) is 19.2. The lowest BCUT2D eigenvalue weighted by atomic mass is 9.93. The summed E-state index contributed by atoms with van der Waals surface area (Å²) in [5.41, 5.74) is 7.41. The minimum Gasteiger partial charge on any atom is -0.369 e. The molecular formula is C14H19BCl3N5O. The van der Waals surface area contributed by atoms with Gasteiger partial charge in [0.05, 0.1) is 12.4 Å². The van der Waals surface area contributed by atoms with E-state index in [-0.39, 0.29) is 17.5 Å². The van der Waals surface area contributed by atoms with Gasteiger partial charge in [-0.15, -0.1) is 0 Å². The van der Waals surface area contributed by atoms with Crippen LogP contribution in [0.25, 0.3) is 11.2 Å². The predicted molar refractivity (Wildman–Crippen MR) is 102 cm³/mol. The van der Waals surface area contributed by atoms with Crippen LogP contribution in [0, 0.1) is 11.8 Å². The Hall–Kier alpha value is -1.18. The van der Waals surface area contributed by atoms with Crippen molar-refractivity contribution in [2.75, 3.05) is 5.73 Å². The first-order chi connectivity index (χ1) is 11.3. The quantitative estimate of drug-likeness (QED) is 0.606. The van der Waals surface area contributed by atoms with Crippen LogP contribution >= 0.6 is 34.4 Å². The molecule has 0 aromatic carbocycles. The number of fused-ring (bicyclic) bond motifs is 1. The summed E-state index contributed by atoms with van der Waals surface area (Å²) >= 11 is 14.4. The molecule has 0 radical (unpaired) electrons. The lowest BCUT2D eigenvalue weighted by Gasteiger charge is -2.16. The maximum absolute atomic E-state index is 11.8. The number of aromatic amines is 1. The summed E-state index contributed by atoms with van der Waals surface area (Å²) in [6, 6.07) is 0.147. The van der Waals surface area contributed by atoms with Gasteiger partial charge in [-0.1, -0.05) is 26.0 Å². The number of imidazole rings is 1. The molecule has 0 unspecified atom stereocenters. The van der Waals surface area contributed by atoms with E-state index in [4.69, 9.17) is 40.1 Å². The van der Waals surface area contributed by atoms with Crippen molar-refractivity contribution < 1.29 is 0 Å². The third-order valence-electron chi connectivity index (χ3n) is 4.41. The van der Waals surface area contributed by atoms with E-state index in [0.717, 1.165) is 12.8 Å². The summed E-state index contributed by atoms with van der Waals surface area (Å²) in [5, 5.41) is 0. The van der Waals surface area contributed by atoms with Crippen molar-refractivity contribution in [2.45, 2.75) is 32.7 Å². The first-order valence-corrected chi connectivity index (χ1v) is 8.90. The first-order valence-electron chi connectivity index (χ1n) is 7.59. The molecule has 2 aromatic rings. The zero-order valence-corrected chi connectivity index (χ0v) is 15.7. The van der Waals surface area contributed by atoms with E-state index in [2.05, 4.69) is 35.4 Å². The Balaban J connectivity index is 0.000000471. The second-order valence-electron chi connectivity index (χ2n) is 5.84. The average Bonchev–Trinajstić information content (AvgIpc) is 2.99. The summed E-state index contributed by atoms with van der Waals surface area (Å²) in [5.74, 6) is 1.21. The SMILES string of the molecule is C=C1[C@H](CC)[C@@H](C)C[C@@H]1n1cnc2c(=O)[nH]c(N)nc21.ClB(Cl)Cl. The van der Waals surface area contributed by atoms with Crippen molar-refractivity contribution in [3.63, 3.8) is 0 Å². The van der Waals surface area contributed by atoms with Crippen LogP contribution in [0.1, 0.15) is 32.7 Å². The van der Waals surface area contributed by atoms with Gasteiger partial charge in [0.25, 0.3) is 5.56 Å². The van der Waals surface area contributed by atoms with Gasteiger partial charge in [0.2, 0.25) is 5.95 Å². The van der Waals surface area contributed by atoms with Crippen LogP contribution in [0.5, 0.6) is 0 Å². The third kappa shape index (κ3) is 3.90. The van der Waals surface area contributed by atoms with Gasteiger partial charge in [-0.2, -0.15) is 39.4 Å². The van der Waals surface area contributed by atoms with Gasteiger partial charge >= 0.3 is 4.96 Å². The summed E-state index contributed by atoms with van der Waals surface area (Å²) in [4.78, 5) is 21.9. The van der Waals surface area contributed by atoms with Crippen LogP contribution in [0.15, 0.2) is 23.3 Å². The van der Waals surface area contributed by atoms with E-state index < -0.39 is 4.96 Å². The lowest BCUT2D eigenvalue weighted by Crippen LogP contribution is -2.14. The van der Waals surface area contributed by atoms with E-state index in [9.17, 15) is 4.79 Å². The summed E-state index contributed by atoms with van der Waals surface area (Å²) in [7, 11) is 0. The molecular weight excluding hydrogens is 371 g/mol. The molecule has 0 amide bonds. The van der Waals surface area contributed by atoms with E-state index in [1.165, 1.54) is 5.57 Å². The zero-order chi connectivity index (χ0) is 18.0. The molecule has 10 heteroatoms. The van der Waals surface area contributed by atoms with Crippen LogP contribution in [-0.2, 0) is 0 Å². The molecule has 2 aromatic heterocycles. The maximum Gasteiger partial charge on any atom is 0.450 e. The topological polar surface area (TPSA) is 89.6 Å². The molecule has 1 aliphatic carbocycles. The van der Waals surface area contributed by atoms with Crippen molar-refractivity contribution in [1.29, 1.82) is 0 Å². The summed E-state index contributed by atoms with van der Waals surface area (Å²) < 4.78 is 1.94. The molecule has 3 rings (SSSR count). The number of hydrogen-bond donors (Lipinski definition) is 2. The zero-order valence-electron chi connectivity index (χ0n) is 13.5. The van der Waals surface area contributed by atoms with E-state index >= 15 is 0 Å². The number of nitrogen functional groups attached to an aromatic ring is 1. The Morgan fingerprint density at radius 1 is 1.50 bits per heavy atom. The smallest absolute Gasteiger partial charge is 0.369 e. The molecule has 3 N–H and O–H groups in total. The highest BCUT2D eigenvalue weighted by atomic mass is 35.6. The van der Waals surface area contributed by atoms with E-state index in [1.54, 1.807) is 6.33 Å². The molecule has 0 bridgehead atoms. The Bertz CT molecular complexity index is 788. The Morgan fingerprint density at radius 3 is 2.67 bits per heavy atom. The maximum atomic E-state index is 11.8. The predicted octanol–water partition coefficient (Wildman–Crippen LogP) is 3.55. The number of anilines is 1. The second-order valence-corrected chi connectivity index (χ2v) is 7.82. The molecule has 24 heavy (non-hydrogen) atoms. The van der Waals surface area contributed by atoms with E-state index in [0.29, 0.717) is 23.0 Å². The molecule has 0 spiro atoms. The number of hydrogen-bond acceptors (Lipinski definition) is 4. The van der Waals surface area contributed by atoms with Gasteiger partial charge < -0.3 is 10.3 Å². The standard InChI is InChI=1S/C14H19N5O.BCl3/c1-4-9-7(2)5-10(8(9)3)19-6-16-11-12(19)17-14(15)18-13(11)20;2-1(3)4/h6-7,9-10H,3-5H2,1-2H3,(H3,15,17,18,20);/t7-,9+,10-;/m0./s1. The number of aromatic nitrogens is 4. The van der Waals surface area contributed by atoms with Crippen LogP contribution < -0.4 is 11.3 Å². The second kappa shape index (κ2) is 7.80.